The molecule has 13 heteroatoms. The van der Waals surface area contributed by atoms with Gasteiger partial charge in [0.15, 0.2) is 6.10 Å². The highest BCUT2D eigenvalue weighted by Crippen LogP contribution is 2.63. The van der Waals surface area contributed by atoms with Crippen molar-refractivity contribution < 1.29 is 42.3 Å². The topological polar surface area (TPSA) is 143 Å². The van der Waals surface area contributed by atoms with Crippen LogP contribution in [0.15, 0.2) is 11.7 Å². The van der Waals surface area contributed by atoms with Gasteiger partial charge in [-0.2, -0.15) is 0 Å². The minimum Gasteiger partial charge on any atom is -0.460 e. The molecule has 1 aliphatic rings. The lowest BCUT2D eigenvalue weighted by atomic mass is 9.87. The lowest BCUT2D eigenvalue weighted by Crippen LogP contribution is -2.50. The zero-order chi connectivity index (χ0) is 24.0. The molecule has 181 valence electrons. The molecule has 11 nitrogen and oxygen atoms in total. The first-order valence-corrected chi connectivity index (χ1v) is 12.3. The van der Waals surface area contributed by atoms with E-state index in [-0.39, 0.29) is 26.2 Å². The van der Waals surface area contributed by atoms with Gasteiger partial charge in [0.1, 0.15) is 6.61 Å². The van der Waals surface area contributed by atoms with Crippen LogP contribution in [0, 0.1) is 10.8 Å². The summed E-state index contributed by atoms with van der Waals surface area (Å²) in [4.78, 5) is 51.5. The van der Waals surface area contributed by atoms with Crippen molar-refractivity contribution in [2.24, 2.45) is 10.8 Å². The van der Waals surface area contributed by atoms with Crippen LogP contribution in [0.3, 0.4) is 0 Å². The summed E-state index contributed by atoms with van der Waals surface area (Å²) in [5, 5.41) is 2.60. The first kappa shape index (κ1) is 26.6. The van der Waals surface area contributed by atoms with Crippen molar-refractivity contribution in [2.45, 2.75) is 53.8 Å². The number of hydrogen-bond donors (Lipinski definition) is 2. The second-order valence-electron chi connectivity index (χ2n) is 8.81. The Balaban J connectivity index is 1.81. The first-order chi connectivity index (χ1) is 14.8. The molecule has 1 radical (unpaired) electrons. The van der Waals surface area contributed by atoms with Crippen LogP contribution in [0.25, 0.3) is 0 Å². The predicted octanol–water partition coefficient (Wildman–Crippen LogP) is 2.37. The Labute approximate surface area is 191 Å². The minimum atomic E-state index is -3.89. The fraction of sp³-hybridized carbons (Fsp3) is 0.684. The second kappa shape index (κ2) is 11.0. The lowest BCUT2D eigenvalue weighted by molar-refractivity contribution is -0.165. The SMILES string of the molecule is CC(C)(C)C(=O)OCO[P@@]1(O)OCC(C)(C)[C@H](C(=O)NCCC(=O)OCc2cncs2)O1. The van der Waals surface area contributed by atoms with Crippen molar-refractivity contribution in [1.82, 2.24) is 10.3 Å². The van der Waals surface area contributed by atoms with Crippen LogP contribution in [0.5, 0.6) is 0 Å². The van der Waals surface area contributed by atoms with Gasteiger partial charge in [0.2, 0.25) is 12.7 Å². The van der Waals surface area contributed by atoms with Gasteiger partial charge in [-0.1, -0.05) is 13.8 Å². The molecule has 2 rings (SSSR count). The van der Waals surface area contributed by atoms with Crippen molar-refractivity contribution in [2.75, 3.05) is 19.9 Å². The number of esters is 2. The summed E-state index contributed by atoms with van der Waals surface area (Å²) in [7, 11) is -3.89. The van der Waals surface area contributed by atoms with E-state index in [9.17, 15) is 19.3 Å². The minimum absolute atomic E-state index is 0.0259. The van der Waals surface area contributed by atoms with Crippen LogP contribution >= 0.6 is 19.5 Å². The van der Waals surface area contributed by atoms with Crippen molar-refractivity contribution in [3.63, 3.8) is 0 Å². The molecule has 1 aromatic heterocycles. The molecule has 0 aromatic carbocycles. The van der Waals surface area contributed by atoms with E-state index in [1.165, 1.54) is 11.3 Å². The molecular weight excluding hydrogens is 463 g/mol. The maximum absolute atomic E-state index is 12.7. The lowest BCUT2D eigenvalue weighted by Gasteiger charge is -2.43. The highest BCUT2D eigenvalue weighted by molar-refractivity contribution is 7.55. The van der Waals surface area contributed by atoms with Crippen molar-refractivity contribution in [3.8, 4) is 0 Å². The zero-order valence-electron chi connectivity index (χ0n) is 18.8. The van der Waals surface area contributed by atoms with Gasteiger partial charge in [-0.3, -0.25) is 32.9 Å². The molecule has 0 spiro atoms. The van der Waals surface area contributed by atoms with E-state index in [0.717, 1.165) is 4.88 Å². The number of hydrogen-bond acceptors (Lipinski definition) is 11. The van der Waals surface area contributed by atoms with Gasteiger partial charge in [-0.25, -0.2) is 0 Å². The average Bonchev–Trinajstić information content (AvgIpc) is 3.21. The molecule has 2 atom stereocenters. The largest absolute Gasteiger partial charge is 0.460 e. The summed E-state index contributed by atoms with van der Waals surface area (Å²) >= 11 is 1.37. The molecule has 2 heterocycles. The van der Waals surface area contributed by atoms with Gasteiger partial charge in [-0.05, 0) is 20.8 Å². The highest BCUT2D eigenvalue weighted by Gasteiger charge is 2.50. The Morgan fingerprint density at radius 3 is 2.69 bits per heavy atom. The van der Waals surface area contributed by atoms with E-state index < -0.39 is 49.7 Å². The Kier molecular flexibility index (Phi) is 9.09. The number of carbonyl (C=O) groups excluding carboxylic acids is 3. The number of amides is 1. The Bertz CT molecular complexity index is 797. The Hall–Kier alpha value is -1.69. The van der Waals surface area contributed by atoms with Crippen LogP contribution in [0.4, 0.5) is 0 Å². The second-order valence-corrected chi connectivity index (χ2v) is 11.4. The molecule has 1 amide bonds. The Morgan fingerprint density at radius 2 is 2.06 bits per heavy atom. The molecule has 0 saturated carbocycles. The predicted molar refractivity (Wildman–Crippen MR) is 115 cm³/mol. The molecule has 32 heavy (non-hydrogen) atoms. The van der Waals surface area contributed by atoms with E-state index >= 15 is 0 Å². The van der Waals surface area contributed by atoms with Gasteiger partial charge in [-0.15, -0.1) is 11.3 Å². The van der Waals surface area contributed by atoms with Crippen molar-refractivity contribution in [3.05, 3.63) is 16.6 Å². The van der Waals surface area contributed by atoms with Gasteiger partial charge in [0, 0.05) is 18.2 Å². The van der Waals surface area contributed by atoms with Crippen molar-refractivity contribution >= 4 is 37.4 Å². The van der Waals surface area contributed by atoms with Crippen LogP contribution in [0.1, 0.15) is 45.9 Å². The van der Waals surface area contributed by atoms with Crippen LogP contribution in [0.2, 0.25) is 0 Å². The molecule has 0 bridgehead atoms. The third kappa shape index (κ3) is 8.02. The maximum atomic E-state index is 12.7. The number of nitrogens with one attached hydrogen (secondary N) is 1. The molecule has 0 unspecified atom stereocenters. The standard InChI is InChI=1S/C19H30N2O9PS/c1-18(2,3)17(24)27-12-29-31(25)28-10-19(4,5)15(30-31)16(23)21-7-6-14(22)26-9-13-8-20-11-32-13/h8,11,15,25H,6-7,9-10,12H2,1-5H3,(H,21,23)/t15-/m0/s1. The van der Waals surface area contributed by atoms with E-state index in [4.69, 9.17) is 23.0 Å². The van der Waals surface area contributed by atoms with Gasteiger partial charge >= 0.3 is 20.1 Å². The highest BCUT2D eigenvalue weighted by atomic mass is 32.1. The van der Waals surface area contributed by atoms with Crippen LogP contribution < -0.4 is 5.32 Å². The number of carbonyl (C=O) groups is 3. The Morgan fingerprint density at radius 1 is 1.34 bits per heavy atom. The van der Waals surface area contributed by atoms with Gasteiger partial charge < -0.3 is 19.7 Å². The molecule has 0 aliphatic carbocycles. The molecule has 1 aromatic rings. The van der Waals surface area contributed by atoms with Gasteiger partial charge in [0.25, 0.3) is 0 Å². The smallest absolute Gasteiger partial charge is 0.381 e. The number of ether oxygens (including phenoxy) is 2. The summed E-state index contributed by atoms with van der Waals surface area (Å²) in [6.45, 7) is 8.01. The van der Waals surface area contributed by atoms with Crippen molar-refractivity contribution in [1.29, 1.82) is 0 Å². The fourth-order valence-electron chi connectivity index (χ4n) is 2.38. The van der Waals surface area contributed by atoms with E-state index in [1.807, 2.05) is 0 Å². The first-order valence-electron chi connectivity index (χ1n) is 9.90. The molecule has 2 N–H and O–H groups in total. The summed E-state index contributed by atoms with van der Waals surface area (Å²) in [6.07, 6.45) is 0.467. The summed E-state index contributed by atoms with van der Waals surface area (Å²) in [6, 6.07) is 0. The summed E-state index contributed by atoms with van der Waals surface area (Å²) < 4.78 is 26.0. The fourth-order valence-corrected chi connectivity index (χ4v) is 4.41. The third-order valence-corrected chi connectivity index (χ3v) is 6.41. The number of nitrogens with zero attached hydrogens (tertiary/aromatic N) is 1. The summed E-state index contributed by atoms with van der Waals surface area (Å²) in [5.74, 6) is -1.54. The molecule has 1 fully saturated rings. The summed E-state index contributed by atoms with van der Waals surface area (Å²) in [5.41, 5.74) is 0.112. The monoisotopic (exact) mass is 493 g/mol. The quantitative estimate of drug-likeness (QED) is 0.299. The van der Waals surface area contributed by atoms with Crippen LogP contribution in [-0.4, -0.2) is 53.8 Å². The normalized spacial score (nSPS) is 22.8. The number of thiazole rings is 1. The number of aromatic nitrogens is 1. The third-order valence-electron chi connectivity index (χ3n) is 4.29. The molecular formula is C19H30N2O9PS. The van der Waals surface area contributed by atoms with Gasteiger partial charge in [0.05, 0.1) is 28.8 Å². The molecule has 1 aliphatic heterocycles. The van der Waals surface area contributed by atoms with E-state index in [1.54, 1.807) is 46.3 Å². The van der Waals surface area contributed by atoms with Crippen LogP contribution in [-0.2, 0) is 44.0 Å². The molecule has 1 saturated heterocycles. The zero-order valence-corrected chi connectivity index (χ0v) is 20.5. The van der Waals surface area contributed by atoms with E-state index in [0.29, 0.717) is 0 Å². The van der Waals surface area contributed by atoms with E-state index in [2.05, 4.69) is 10.3 Å². The maximum Gasteiger partial charge on any atom is 0.381 e. The average molecular weight is 493 g/mol. The number of rotatable bonds is 9.